The summed E-state index contributed by atoms with van der Waals surface area (Å²) in [6.07, 6.45) is 1.31. The van der Waals surface area contributed by atoms with Crippen molar-refractivity contribution in [1.29, 1.82) is 0 Å². The first-order chi connectivity index (χ1) is 10.4. The van der Waals surface area contributed by atoms with Crippen molar-refractivity contribution < 1.29 is 18.0 Å². The molecular weight excluding hydrogens is 372 g/mol. The van der Waals surface area contributed by atoms with Gasteiger partial charge in [-0.3, -0.25) is 9.63 Å². The van der Waals surface area contributed by atoms with Crippen LogP contribution >= 0.6 is 15.9 Å². The fourth-order valence-electron chi connectivity index (χ4n) is 2.36. The van der Waals surface area contributed by atoms with E-state index in [1.54, 1.807) is 31.2 Å². The van der Waals surface area contributed by atoms with Gasteiger partial charge in [-0.05, 0) is 44.0 Å². The van der Waals surface area contributed by atoms with Crippen molar-refractivity contribution in [1.82, 2.24) is 9.79 Å². The standard InChI is InChI=1S/C14H19BrN2O4S/c1-2-21-16-14(18)11-4-3-9-17(10-11)22(19,20)13-7-5-12(15)6-8-13/h5-8,11H,2-4,9-10H2,1H3,(H,16,18)/t11-/m1/s1. The van der Waals surface area contributed by atoms with Crippen LogP contribution in [0.15, 0.2) is 33.6 Å². The molecule has 8 heteroatoms. The molecule has 1 aromatic rings. The molecule has 22 heavy (non-hydrogen) atoms. The highest BCUT2D eigenvalue weighted by molar-refractivity contribution is 9.10. The van der Waals surface area contributed by atoms with Crippen LogP contribution in [0, 0.1) is 5.92 Å². The number of hydroxylamine groups is 1. The molecule has 0 aromatic heterocycles. The molecule has 1 N–H and O–H groups in total. The van der Waals surface area contributed by atoms with Crippen LogP contribution in [-0.2, 0) is 19.7 Å². The van der Waals surface area contributed by atoms with Gasteiger partial charge in [-0.2, -0.15) is 4.31 Å². The second kappa shape index (κ2) is 7.54. The van der Waals surface area contributed by atoms with Crippen LogP contribution < -0.4 is 5.48 Å². The Balaban J connectivity index is 2.11. The molecule has 122 valence electrons. The number of nitrogens with zero attached hydrogens (tertiary/aromatic N) is 1. The molecule has 1 amide bonds. The van der Waals surface area contributed by atoms with Crippen molar-refractivity contribution >= 4 is 31.9 Å². The minimum atomic E-state index is -3.57. The van der Waals surface area contributed by atoms with Gasteiger partial charge in [0.2, 0.25) is 15.9 Å². The molecule has 1 saturated heterocycles. The summed E-state index contributed by atoms with van der Waals surface area (Å²) in [7, 11) is -3.57. The van der Waals surface area contributed by atoms with Gasteiger partial charge in [0.1, 0.15) is 0 Å². The molecule has 2 rings (SSSR count). The van der Waals surface area contributed by atoms with Crippen LogP contribution in [0.25, 0.3) is 0 Å². The van der Waals surface area contributed by atoms with Gasteiger partial charge in [-0.25, -0.2) is 13.9 Å². The highest BCUT2D eigenvalue weighted by atomic mass is 79.9. The van der Waals surface area contributed by atoms with E-state index < -0.39 is 10.0 Å². The van der Waals surface area contributed by atoms with E-state index in [2.05, 4.69) is 21.4 Å². The Morgan fingerprint density at radius 2 is 2.09 bits per heavy atom. The second-order valence-electron chi connectivity index (χ2n) is 5.06. The Labute approximate surface area is 139 Å². The maximum absolute atomic E-state index is 12.6. The fourth-order valence-corrected chi connectivity index (χ4v) is 4.15. The summed E-state index contributed by atoms with van der Waals surface area (Å²) in [5.41, 5.74) is 2.35. The molecule has 0 aliphatic carbocycles. The minimum absolute atomic E-state index is 0.178. The van der Waals surface area contributed by atoms with Gasteiger partial charge >= 0.3 is 0 Å². The highest BCUT2D eigenvalue weighted by Crippen LogP contribution is 2.24. The van der Waals surface area contributed by atoms with Crippen LogP contribution in [0.4, 0.5) is 0 Å². The highest BCUT2D eigenvalue weighted by Gasteiger charge is 2.33. The molecule has 6 nitrogen and oxygen atoms in total. The van der Waals surface area contributed by atoms with Gasteiger partial charge in [-0.15, -0.1) is 0 Å². The van der Waals surface area contributed by atoms with E-state index in [0.717, 1.165) is 4.47 Å². The number of halogens is 1. The van der Waals surface area contributed by atoms with Gasteiger partial charge < -0.3 is 0 Å². The number of hydrogen-bond donors (Lipinski definition) is 1. The zero-order chi connectivity index (χ0) is 16.2. The number of piperidine rings is 1. The van der Waals surface area contributed by atoms with Crippen molar-refractivity contribution in [3.8, 4) is 0 Å². The summed E-state index contributed by atoms with van der Waals surface area (Å²) >= 11 is 3.29. The van der Waals surface area contributed by atoms with E-state index >= 15 is 0 Å². The number of carbonyl (C=O) groups is 1. The summed E-state index contributed by atoms with van der Waals surface area (Å²) in [6.45, 7) is 2.75. The Bertz CT molecular complexity index is 618. The first kappa shape index (κ1) is 17.4. The molecule has 0 radical (unpaired) electrons. The summed E-state index contributed by atoms with van der Waals surface area (Å²) in [6, 6.07) is 6.50. The van der Waals surface area contributed by atoms with Crippen molar-refractivity contribution in [3.63, 3.8) is 0 Å². The predicted molar refractivity (Wildman–Crippen MR) is 85.4 cm³/mol. The maximum Gasteiger partial charge on any atom is 0.247 e. The molecular formula is C14H19BrN2O4S. The van der Waals surface area contributed by atoms with Crippen molar-refractivity contribution in [3.05, 3.63) is 28.7 Å². The van der Waals surface area contributed by atoms with E-state index in [4.69, 9.17) is 4.84 Å². The molecule has 0 bridgehead atoms. The normalized spacial score (nSPS) is 19.8. The Morgan fingerprint density at radius 3 is 2.73 bits per heavy atom. The Hall–Kier alpha value is -0.960. The van der Waals surface area contributed by atoms with Crippen LogP contribution in [0.3, 0.4) is 0 Å². The zero-order valence-corrected chi connectivity index (χ0v) is 14.7. The third-order valence-corrected chi connectivity index (χ3v) is 5.93. The Morgan fingerprint density at radius 1 is 1.41 bits per heavy atom. The number of rotatable bonds is 5. The zero-order valence-electron chi connectivity index (χ0n) is 12.3. The second-order valence-corrected chi connectivity index (χ2v) is 7.91. The number of amides is 1. The average Bonchev–Trinajstić information content (AvgIpc) is 2.53. The van der Waals surface area contributed by atoms with Crippen LogP contribution in [0.5, 0.6) is 0 Å². The topological polar surface area (TPSA) is 75.7 Å². The molecule has 1 aliphatic heterocycles. The third kappa shape index (κ3) is 4.07. The lowest BCUT2D eigenvalue weighted by atomic mass is 9.99. The third-order valence-electron chi connectivity index (χ3n) is 3.52. The summed E-state index contributed by atoms with van der Waals surface area (Å²) < 4.78 is 27.4. The van der Waals surface area contributed by atoms with Gasteiger partial charge in [0.25, 0.3) is 0 Å². The predicted octanol–water partition coefficient (Wildman–Crippen LogP) is 1.92. The van der Waals surface area contributed by atoms with Crippen molar-refractivity contribution in [2.24, 2.45) is 5.92 Å². The van der Waals surface area contributed by atoms with Crippen LogP contribution in [-0.4, -0.2) is 38.3 Å². The first-order valence-corrected chi connectivity index (χ1v) is 9.36. The van der Waals surface area contributed by atoms with E-state index in [9.17, 15) is 13.2 Å². The number of carbonyl (C=O) groups excluding carboxylic acids is 1. The molecule has 1 aliphatic rings. The monoisotopic (exact) mass is 390 g/mol. The van der Waals surface area contributed by atoms with E-state index in [-0.39, 0.29) is 23.3 Å². The smallest absolute Gasteiger partial charge is 0.247 e. The fraction of sp³-hybridized carbons (Fsp3) is 0.500. The number of hydrogen-bond acceptors (Lipinski definition) is 4. The van der Waals surface area contributed by atoms with Crippen molar-refractivity contribution in [2.45, 2.75) is 24.7 Å². The van der Waals surface area contributed by atoms with E-state index in [0.29, 0.717) is 26.0 Å². The molecule has 1 fully saturated rings. The van der Waals surface area contributed by atoms with Gasteiger partial charge in [-0.1, -0.05) is 15.9 Å². The lowest BCUT2D eigenvalue weighted by Gasteiger charge is -2.31. The number of nitrogens with one attached hydrogen (secondary N) is 1. The molecule has 0 spiro atoms. The van der Waals surface area contributed by atoms with E-state index in [1.807, 2.05) is 0 Å². The summed E-state index contributed by atoms with van der Waals surface area (Å²) in [5, 5.41) is 0. The maximum atomic E-state index is 12.6. The Kier molecular flexibility index (Phi) is 5.96. The van der Waals surface area contributed by atoms with Gasteiger partial charge in [0.05, 0.1) is 17.4 Å². The van der Waals surface area contributed by atoms with E-state index in [1.165, 1.54) is 4.31 Å². The lowest BCUT2D eigenvalue weighted by molar-refractivity contribution is -0.138. The largest absolute Gasteiger partial charge is 0.274 e. The van der Waals surface area contributed by atoms with Crippen molar-refractivity contribution in [2.75, 3.05) is 19.7 Å². The summed E-state index contributed by atoms with van der Waals surface area (Å²) in [4.78, 5) is 17.1. The minimum Gasteiger partial charge on any atom is -0.274 e. The lowest BCUT2D eigenvalue weighted by Crippen LogP contribution is -2.45. The van der Waals surface area contributed by atoms with Crippen LogP contribution in [0.1, 0.15) is 19.8 Å². The molecule has 1 heterocycles. The summed E-state index contributed by atoms with van der Waals surface area (Å²) in [5.74, 6) is -0.650. The first-order valence-electron chi connectivity index (χ1n) is 7.12. The molecule has 1 aromatic carbocycles. The number of sulfonamides is 1. The number of benzene rings is 1. The average molecular weight is 391 g/mol. The SMILES string of the molecule is CCONC(=O)[C@@H]1CCCN(S(=O)(=O)c2ccc(Br)cc2)C1. The van der Waals surface area contributed by atoms with Gasteiger partial charge in [0.15, 0.2) is 0 Å². The molecule has 0 unspecified atom stereocenters. The molecule has 1 atom stereocenters. The molecule has 0 saturated carbocycles. The quantitative estimate of drug-likeness (QED) is 0.779. The van der Waals surface area contributed by atoms with Crippen LogP contribution in [0.2, 0.25) is 0 Å². The van der Waals surface area contributed by atoms with Gasteiger partial charge in [0, 0.05) is 17.6 Å².